The molecular formula is C7H5BrINO3. The molecule has 1 aromatic rings. The standard InChI is InChI=1S/C7H5BrINO3/c1-13-6-3-4(10(11)12)2-5(8)7(6)9/h2-3H,1H3. The number of ether oxygens (including phenoxy) is 1. The highest BCUT2D eigenvalue weighted by Crippen LogP contribution is 2.32. The van der Waals surface area contributed by atoms with Gasteiger partial charge in [-0.2, -0.15) is 0 Å². The Balaban J connectivity index is 3.30. The molecule has 0 heterocycles. The Kier molecular flexibility index (Phi) is 3.48. The summed E-state index contributed by atoms with van der Waals surface area (Å²) in [4.78, 5) is 10.0. The van der Waals surface area contributed by atoms with Crippen LogP contribution in [-0.2, 0) is 0 Å². The number of hydrogen-bond acceptors (Lipinski definition) is 3. The summed E-state index contributed by atoms with van der Waals surface area (Å²) in [5.41, 5.74) is 0.0177. The first-order valence-corrected chi connectivity index (χ1v) is 5.11. The Morgan fingerprint density at radius 2 is 2.23 bits per heavy atom. The van der Waals surface area contributed by atoms with Crippen LogP contribution in [0.4, 0.5) is 5.69 Å². The summed E-state index contributed by atoms with van der Waals surface area (Å²) in [5, 5.41) is 10.5. The van der Waals surface area contributed by atoms with E-state index in [1.165, 1.54) is 19.2 Å². The second-order valence-electron chi connectivity index (χ2n) is 2.20. The number of rotatable bonds is 2. The van der Waals surface area contributed by atoms with E-state index < -0.39 is 4.92 Å². The van der Waals surface area contributed by atoms with E-state index in [9.17, 15) is 10.1 Å². The summed E-state index contributed by atoms with van der Waals surface area (Å²) in [6, 6.07) is 2.84. The normalized spacial score (nSPS) is 9.77. The van der Waals surface area contributed by atoms with Crippen molar-refractivity contribution in [3.8, 4) is 5.75 Å². The van der Waals surface area contributed by atoms with Gasteiger partial charge in [-0.1, -0.05) is 0 Å². The van der Waals surface area contributed by atoms with Crippen LogP contribution >= 0.6 is 38.5 Å². The minimum Gasteiger partial charge on any atom is -0.495 e. The third kappa shape index (κ3) is 2.31. The van der Waals surface area contributed by atoms with Crippen molar-refractivity contribution >= 4 is 44.2 Å². The highest BCUT2D eigenvalue weighted by molar-refractivity contribution is 14.1. The highest BCUT2D eigenvalue weighted by atomic mass is 127. The minimum absolute atomic E-state index is 0.0177. The van der Waals surface area contributed by atoms with Gasteiger partial charge in [0.15, 0.2) is 0 Å². The Morgan fingerprint density at radius 3 is 2.69 bits per heavy atom. The van der Waals surface area contributed by atoms with E-state index in [1.807, 2.05) is 0 Å². The first kappa shape index (κ1) is 10.7. The molecule has 0 amide bonds. The second-order valence-corrected chi connectivity index (χ2v) is 4.13. The van der Waals surface area contributed by atoms with Crippen LogP contribution in [0.5, 0.6) is 5.75 Å². The molecule has 0 aliphatic heterocycles. The van der Waals surface area contributed by atoms with Crippen molar-refractivity contribution in [1.29, 1.82) is 0 Å². The maximum atomic E-state index is 10.5. The summed E-state index contributed by atoms with van der Waals surface area (Å²) in [6.07, 6.45) is 0. The van der Waals surface area contributed by atoms with Crippen LogP contribution in [0.3, 0.4) is 0 Å². The molecule has 0 aliphatic carbocycles. The summed E-state index contributed by atoms with van der Waals surface area (Å²) >= 11 is 5.26. The average molecular weight is 358 g/mol. The van der Waals surface area contributed by atoms with Gasteiger partial charge in [0.25, 0.3) is 5.69 Å². The lowest BCUT2D eigenvalue weighted by Gasteiger charge is -2.04. The first-order valence-electron chi connectivity index (χ1n) is 3.23. The van der Waals surface area contributed by atoms with E-state index in [-0.39, 0.29) is 5.69 Å². The number of benzene rings is 1. The van der Waals surface area contributed by atoms with E-state index in [4.69, 9.17) is 4.74 Å². The van der Waals surface area contributed by atoms with Crippen LogP contribution in [0, 0.1) is 13.7 Å². The van der Waals surface area contributed by atoms with Gasteiger partial charge in [0, 0.05) is 10.5 Å². The quantitative estimate of drug-likeness (QED) is 0.464. The lowest BCUT2D eigenvalue weighted by atomic mass is 10.3. The first-order chi connectivity index (χ1) is 6.06. The van der Waals surface area contributed by atoms with E-state index >= 15 is 0 Å². The van der Waals surface area contributed by atoms with Crippen LogP contribution in [0.1, 0.15) is 0 Å². The second kappa shape index (κ2) is 4.23. The van der Waals surface area contributed by atoms with Crippen LogP contribution in [0.15, 0.2) is 16.6 Å². The number of methoxy groups -OCH3 is 1. The molecule has 6 heteroatoms. The van der Waals surface area contributed by atoms with Crippen molar-refractivity contribution in [3.63, 3.8) is 0 Å². The van der Waals surface area contributed by atoms with Crippen molar-refractivity contribution in [3.05, 3.63) is 30.3 Å². The molecule has 0 bridgehead atoms. The van der Waals surface area contributed by atoms with Gasteiger partial charge in [0.05, 0.1) is 21.7 Å². The lowest BCUT2D eigenvalue weighted by Crippen LogP contribution is -1.93. The number of nitro benzene ring substituents is 1. The lowest BCUT2D eigenvalue weighted by molar-refractivity contribution is -0.385. The van der Waals surface area contributed by atoms with Crippen molar-refractivity contribution in [2.75, 3.05) is 7.11 Å². The molecule has 13 heavy (non-hydrogen) atoms. The number of halogens is 2. The Morgan fingerprint density at radius 1 is 1.62 bits per heavy atom. The molecule has 0 unspecified atom stereocenters. The van der Waals surface area contributed by atoms with Gasteiger partial charge < -0.3 is 4.74 Å². The molecule has 4 nitrogen and oxygen atoms in total. The molecule has 1 rings (SSSR count). The van der Waals surface area contributed by atoms with E-state index in [1.54, 1.807) is 0 Å². The van der Waals surface area contributed by atoms with Gasteiger partial charge in [-0.3, -0.25) is 10.1 Å². The molecule has 0 atom stereocenters. The van der Waals surface area contributed by atoms with Crippen LogP contribution < -0.4 is 4.74 Å². The molecule has 0 radical (unpaired) electrons. The minimum atomic E-state index is -0.455. The predicted octanol–water partition coefficient (Wildman–Crippen LogP) is 2.97. The summed E-state index contributed by atoms with van der Waals surface area (Å²) in [7, 11) is 1.48. The van der Waals surface area contributed by atoms with Gasteiger partial charge in [0.1, 0.15) is 5.75 Å². The molecule has 0 N–H and O–H groups in total. The van der Waals surface area contributed by atoms with Gasteiger partial charge >= 0.3 is 0 Å². The molecule has 0 aromatic heterocycles. The molecule has 0 spiro atoms. The molecule has 1 aromatic carbocycles. The van der Waals surface area contributed by atoms with E-state index in [0.717, 1.165) is 3.57 Å². The number of hydrogen-bond donors (Lipinski definition) is 0. The summed E-state index contributed by atoms with van der Waals surface area (Å²) in [6.45, 7) is 0. The molecule has 70 valence electrons. The maximum Gasteiger partial charge on any atom is 0.274 e. The Labute approximate surface area is 96.7 Å². The number of nitrogens with zero attached hydrogens (tertiary/aromatic N) is 1. The van der Waals surface area contributed by atoms with Gasteiger partial charge in [-0.15, -0.1) is 0 Å². The van der Waals surface area contributed by atoms with Crippen molar-refractivity contribution < 1.29 is 9.66 Å². The Bertz CT molecular complexity index is 356. The highest BCUT2D eigenvalue weighted by Gasteiger charge is 2.13. The SMILES string of the molecule is COc1cc([N+](=O)[O-])cc(Br)c1I. The monoisotopic (exact) mass is 357 g/mol. The average Bonchev–Trinajstić information content (AvgIpc) is 2.09. The van der Waals surface area contributed by atoms with Crippen molar-refractivity contribution in [2.45, 2.75) is 0 Å². The van der Waals surface area contributed by atoms with Crippen molar-refractivity contribution in [1.82, 2.24) is 0 Å². The van der Waals surface area contributed by atoms with Gasteiger partial charge in [0.2, 0.25) is 0 Å². The zero-order chi connectivity index (χ0) is 10.0. The fourth-order valence-corrected chi connectivity index (χ4v) is 1.77. The smallest absolute Gasteiger partial charge is 0.274 e. The van der Waals surface area contributed by atoms with Gasteiger partial charge in [-0.25, -0.2) is 0 Å². The maximum absolute atomic E-state index is 10.5. The zero-order valence-electron chi connectivity index (χ0n) is 6.58. The van der Waals surface area contributed by atoms with Crippen LogP contribution in [-0.4, -0.2) is 12.0 Å². The number of nitro groups is 1. The summed E-state index contributed by atoms with van der Waals surface area (Å²) < 4.78 is 6.47. The van der Waals surface area contributed by atoms with Crippen LogP contribution in [0.25, 0.3) is 0 Å². The predicted molar refractivity (Wildman–Crippen MR) is 60.1 cm³/mol. The fraction of sp³-hybridized carbons (Fsp3) is 0.143. The third-order valence-corrected chi connectivity index (χ3v) is 3.89. The van der Waals surface area contributed by atoms with E-state index in [0.29, 0.717) is 10.2 Å². The van der Waals surface area contributed by atoms with Crippen LogP contribution in [0.2, 0.25) is 0 Å². The van der Waals surface area contributed by atoms with Crippen molar-refractivity contribution in [2.24, 2.45) is 0 Å². The zero-order valence-corrected chi connectivity index (χ0v) is 10.3. The fourth-order valence-electron chi connectivity index (χ4n) is 0.804. The molecular weight excluding hydrogens is 353 g/mol. The topological polar surface area (TPSA) is 52.4 Å². The third-order valence-electron chi connectivity index (χ3n) is 1.41. The molecule has 0 fully saturated rings. The largest absolute Gasteiger partial charge is 0.495 e. The summed E-state index contributed by atoms with van der Waals surface area (Å²) in [5.74, 6) is 0.502. The molecule has 0 saturated heterocycles. The van der Waals surface area contributed by atoms with E-state index in [2.05, 4.69) is 38.5 Å². The molecule has 0 saturated carbocycles. The molecule has 0 aliphatic rings. The van der Waals surface area contributed by atoms with Gasteiger partial charge in [-0.05, 0) is 38.5 Å². The number of non-ortho nitro benzene ring substituents is 1. The Hall–Kier alpha value is -0.370.